The molecule has 2 heteroatoms. The Morgan fingerprint density at radius 3 is 2.67 bits per heavy atom. The SMILES string of the molecule is C/C=C\C(=C(/N)C=O)c1cccc(C)c1. The Kier molecular flexibility index (Phi) is 3.86. The van der Waals surface area contributed by atoms with Gasteiger partial charge in [0.1, 0.15) is 0 Å². The predicted molar refractivity (Wildman–Crippen MR) is 63.2 cm³/mol. The molecule has 15 heavy (non-hydrogen) atoms. The molecule has 0 aliphatic heterocycles. The fraction of sp³-hybridized carbons (Fsp3) is 0.154. The lowest BCUT2D eigenvalue weighted by atomic mass is 10.0. The van der Waals surface area contributed by atoms with Gasteiger partial charge in [-0.2, -0.15) is 0 Å². The van der Waals surface area contributed by atoms with Crippen molar-refractivity contribution in [2.75, 3.05) is 0 Å². The van der Waals surface area contributed by atoms with E-state index in [-0.39, 0.29) is 5.70 Å². The van der Waals surface area contributed by atoms with Crippen LogP contribution in [0.1, 0.15) is 18.1 Å². The topological polar surface area (TPSA) is 43.1 Å². The van der Waals surface area contributed by atoms with Gasteiger partial charge in [0.05, 0.1) is 5.70 Å². The van der Waals surface area contributed by atoms with Gasteiger partial charge in [0.15, 0.2) is 6.29 Å². The lowest BCUT2D eigenvalue weighted by Gasteiger charge is -2.05. The first-order valence-electron chi connectivity index (χ1n) is 4.83. The minimum absolute atomic E-state index is 0.263. The quantitative estimate of drug-likeness (QED) is 0.463. The smallest absolute Gasteiger partial charge is 0.166 e. The van der Waals surface area contributed by atoms with Crippen LogP contribution in [0.15, 0.2) is 42.1 Å². The summed E-state index contributed by atoms with van der Waals surface area (Å²) in [5.74, 6) is 0. The molecule has 0 spiro atoms. The Labute approximate surface area is 90.1 Å². The van der Waals surface area contributed by atoms with Crippen LogP contribution in [-0.2, 0) is 4.79 Å². The number of hydrogen-bond donors (Lipinski definition) is 1. The lowest BCUT2D eigenvalue weighted by Crippen LogP contribution is -2.02. The molecule has 2 nitrogen and oxygen atoms in total. The van der Waals surface area contributed by atoms with Crippen LogP contribution in [-0.4, -0.2) is 6.29 Å². The number of carbonyl (C=O) groups is 1. The van der Waals surface area contributed by atoms with Crippen LogP contribution in [0.3, 0.4) is 0 Å². The van der Waals surface area contributed by atoms with Crippen LogP contribution in [0.2, 0.25) is 0 Å². The molecule has 1 aromatic rings. The van der Waals surface area contributed by atoms with Crippen LogP contribution < -0.4 is 5.73 Å². The molecule has 1 aromatic carbocycles. The summed E-state index contributed by atoms with van der Waals surface area (Å²) in [4.78, 5) is 10.7. The van der Waals surface area contributed by atoms with Gasteiger partial charge in [-0.15, -0.1) is 0 Å². The third-order valence-corrected chi connectivity index (χ3v) is 2.10. The summed E-state index contributed by atoms with van der Waals surface area (Å²) >= 11 is 0. The summed E-state index contributed by atoms with van der Waals surface area (Å²) in [6.45, 7) is 3.90. The van der Waals surface area contributed by atoms with Crippen LogP contribution in [0, 0.1) is 6.92 Å². The summed E-state index contributed by atoms with van der Waals surface area (Å²) in [7, 11) is 0. The second-order valence-electron chi connectivity index (χ2n) is 3.36. The van der Waals surface area contributed by atoms with E-state index in [4.69, 9.17) is 5.73 Å². The van der Waals surface area contributed by atoms with Crippen LogP contribution in [0.5, 0.6) is 0 Å². The average molecular weight is 201 g/mol. The summed E-state index contributed by atoms with van der Waals surface area (Å²) in [5.41, 5.74) is 8.80. The standard InChI is InChI=1S/C13H15NO/c1-3-5-12(13(14)9-15)11-7-4-6-10(2)8-11/h3-9H,14H2,1-2H3/b5-3-,13-12+. The molecule has 0 fully saturated rings. The van der Waals surface area contributed by atoms with Crippen molar-refractivity contribution in [3.05, 3.63) is 53.2 Å². The van der Waals surface area contributed by atoms with Crippen molar-refractivity contribution in [2.24, 2.45) is 5.73 Å². The molecular weight excluding hydrogens is 186 g/mol. The molecule has 1 rings (SSSR count). The second-order valence-corrected chi connectivity index (χ2v) is 3.36. The first kappa shape index (κ1) is 11.2. The summed E-state index contributed by atoms with van der Waals surface area (Å²) in [6.07, 6.45) is 4.39. The molecule has 0 saturated heterocycles. The third kappa shape index (κ3) is 2.81. The van der Waals surface area contributed by atoms with E-state index >= 15 is 0 Å². The van der Waals surface area contributed by atoms with Gasteiger partial charge in [0.25, 0.3) is 0 Å². The average Bonchev–Trinajstić information content (AvgIpc) is 2.25. The Bertz CT molecular complexity index is 416. The number of aryl methyl sites for hydroxylation is 1. The summed E-state index contributed by atoms with van der Waals surface area (Å²) in [6, 6.07) is 7.91. The van der Waals surface area contributed by atoms with Crippen LogP contribution in [0.25, 0.3) is 5.57 Å². The Morgan fingerprint density at radius 1 is 1.40 bits per heavy atom. The number of aldehydes is 1. The molecule has 2 N–H and O–H groups in total. The number of allylic oxidation sites excluding steroid dienone is 4. The van der Waals surface area contributed by atoms with E-state index in [2.05, 4.69) is 0 Å². The minimum Gasteiger partial charge on any atom is -0.396 e. The highest BCUT2D eigenvalue weighted by molar-refractivity contribution is 5.91. The van der Waals surface area contributed by atoms with Crippen LogP contribution >= 0.6 is 0 Å². The maximum absolute atomic E-state index is 10.7. The fourth-order valence-electron chi connectivity index (χ4n) is 1.40. The molecule has 0 aliphatic carbocycles. The first-order valence-corrected chi connectivity index (χ1v) is 4.83. The number of benzene rings is 1. The van der Waals surface area contributed by atoms with Crippen molar-refractivity contribution in [1.29, 1.82) is 0 Å². The zero-order chi connectivity index (χ0) is 11.3. The van der Waals surface area contributed by atoms with Crippen molar-refractivity contribution >= 4 is 11.9 Å². The van der Waals surface area contributed by atoms with Crippen molar-refractivity contribution in [1.82, 2.24) is 0 Å². The monoisotopic (exact) mass is 201 g/mol. The van der Waals surface area contributed by atoms with Gasteiger partial charge in [-0.3, -0.25) is 4.79 Å². The van der Waals surface area contributed by atoms with Gasteiger partial charge >= 0.3 is 0 Å². The van der Waals surface area contributed by atoms with E-state index in [1.54, 1.807) is 0 Å². The number of hydrogen-bond acceptors (Lipinski definition) is 2. The van der Waals surface area contributed by atoms with E-state index < -0.39 is 0 Å². The largest absolute Gasteiger partial charge is 0.396 e. The van der Waals surface area contributed by atoms with E-state index in [0.29, 0.717) is 6.29 Å². The Morgan fingerprint density at radius 2 is 2.13 bits per heavy atom. The molecule has 0 bridgehead atoms. The maximum Gasteiger partial charge on any atom is 0.166 e. The van der Waals surface area contributed by atoms with Crippen molar-refractivity contribution in [3.63, 3.8) is 0 Å². The van der Waals surface area contributed by atoms with E-state index in [1.165, 1.54) is 0 Å². The third-order valence-electron chi connectivity index (χ3n) is 2.10. The van der Waals surface area contributed by atoms with Crippen molar-refractivity contribution < 1.29 is 4.79 Å². The Hall–Kier alpha value is -1.83. The molecule has 0 saturated carbocycles. The predicted octanol–water partition coefficient (Wildman–Crippen LogP) is 2.44. The van der Waals surface area contributed by atoms with Crippen molar-refractivity contribution in [3.8, 4) is 0 Å². The minimum atomic E-state index is 0.263. The molecule has 0 aliphatic rings. The molecule has 0 radical (unpaired) electrons. The molecule has 0 aromatic heterocycles. The second kappa shape index (κ2) is 5.15. The number of carbonyl (C=O) groups excluding carboxylic acids is 1. The van der Waals surface area contributed by atoms with Crippen molar-refractivity contribution in [2.45, 2.75) is 13.8 Å². The summed E-state index contributed by atoms with van der Waals surface area (Å²) < 4.78 is 0. The zero-order valence-corrected chi connectivity index (χ0v) is 9.03. The van der Waals surface area contributed by atoms with Gasteiger partial charge < -0.3 is 5.73 Å². The highest BCUT2D eigenvalue weighted by Gasteiger charge is 2.02. The van der Waals surface area contributed by atoms with Gasteiger partial charge in [-0.05, 0) is 19.4 Å². The number of nitrogens with two attached hydrogens (primary N) is 1. The molecule has 0 unspecified atom stereocenters. The molecular formula is C13H15NO. The zero-order valence-electron chi connectivity index (χ0n) is 9.03. The lowest BCUT2D eigenvalue weighted by molar-refractivity contribution is -0.104. The Balaban J connectivity index is 3.28. The van der Waals surface area contributed by atoms with Gasteiger partial charge in [-0.25, -0.2) is 0 Å². The number of rotatable bonds is 3. The van der Waals surface area contributed by atoms with Crippen LogP contribution in [0.4, 0.5) is 0 Å². The fourth-order valence-corrected chi connectivity index (χ4v) is 1.40. The van der Waals surface area contributed by atoms with Gasteiger partial charge in [-0.1, -0.05) is 42.0 Å². The molecule has 78 valence electrons. The van der Waals surface area contributed by atoms with E-state index in [9.17, 15) is 4.79 Å². The maximum atomic E-state index is 10.7. The van der Waals surface area contributed by atoms with E-state index in [0.717, 1.165) is 16.7 Å². The highest BCUT2D eigenvalue weighted by atomic mass is 16.1. The highest BCUT2D eigenvalue weighted by Crippen LogP contribution is 2.18. The normalized spacial score (nSPS) is 12.7. The molecule has 0 heterocycles. The summed E-state index contributed by atoms with van der Waals surface area (Å²) in [5, 5.41) is 0. The first-order chi connectivity index (χ1) is 7.19. The van der Waals surface area contributed by atoms with Gasteiger partial charge in [0.2, 0.25) is 0 Å². The van der Waals surface area contributed by atoms with E-state index in [1.807, 2.05) is 50.3 Å². The molecule has 0 atom stereocenters. The van der Waals surface area contributed by atoms with Gasteiger partial charge in [0, 0.05) is 5.57 Å². The molecule has 0 amide bonds.